The number of hydrogen-bond acceptors (Lipinski definition) is 2. The molecule has 1 aromatic heterocycles. The number of aromatic nitrogens is 2. The number of rotatable bonds is 2. The van der Waals surface area contributed by atoms with Crippen LogP contribution in [0.5, 0.6) is 0 Å². The van der Waals surface area contributed by atoms with Crippen LogP contribution in [-0.2, 0) is 16.8 Å². The molecule has 0 aliphatic rings. The predicted molar refractivity (Wildman–Crippen MR) is 58.0 cm³/mol. The standard InChI is InChI=1S/C11H18N2O2/c1-7-9(6-10(14)15)8(2)13(12-7)11(3,4)5/h6H2,1-5H3,(H,14,15). The van der Waals surface area contributed by atoms with E-state index in [2.05, 4.69) is 25.9 Å². The van der Waals surface area contributed by atoms with Crippen molar-refractivity contribution in [2.75, 3.05) is 0 Å². The van der Waals surface area contributed by atoms with Crippen LogP contribution >= 0.6 is 0 Å². The number of carboxylic acid groups (broad SMARTS) is 1. The van der Waals surface area contributed by atoms with Crippen LogP contribution in [0, 0.1) is 13.8 Å². The molecular formula is C11H18N2O2. The van der Waals surface area contributed by atoms with Gasteiger partial charge in [-0.05, 0) is 34.6 Å². The van der Waals surface area contributed by atoms with Crippen molar-refractivity contribution in [2.45, 2.75) is 46.6 Å². The zero-order chi connectivity index (χ0) is 11.8. The Bertz CT molecular complexity index is 386. The molecule has 0 spiro atoms. The fourth-order valence-electron chi connectivity index (χ4n) is 1.74. The molecule has 0 saturated heterocycles. The quantitative estimate of drug-likeness (QED) is 0.810. The zero-order valence-electron chi connectivity index (χ0n) is 9.96. The molecule has 1 aromatic rings. The van der Waals surface area contributed by atoms with Gasteiger partial charge in [0, 0.05) is 11.3 Å². The highest BCUT2D eigenvalue weighted by Crippen LogP contribution is 2.21. The van der Waals surface area contributed by atoms with E-state index in [1.807, 2.05) is 18.5 Å². The molecule has 0 atom stereocenters. The van der Waals surface area contributed by atoms with Gasteiger partial charge in [0.2, 0.25) is 0 Å². The molecule has 1 heterocycles. The summed E-state index contributed by atoms with van der Waals surface area (Å²) in [6.45, 7) is 9.93. The van der Waals surface area contributed by atoms with Gasteiger partial charge in [0.05, 0.1) is 17.7 Å². The third-order valence-corrected chi connectivity index (χ3v) is 2.40. The maximum Gasteiger partial charge on any atom is 0.307 e. The summed E-state index contributed by atoms with van der Waals surface area (Å²) in [7, 11) is 0. The molecule has 0 fully saturated rings. The summed E-state index contributed by atoms with van der Waals surface area (Å²) in [5.74, 6) is -0.811. The van der Waals surface area contributed by atoms with Gasteiger partial charge in [0.25, 0.3) is 0 Å². The van der Waals surface area contributed by atoms with E-state index in [4.69, 9.17) is 5.11 Å². The smallest absolute Gasteiger partial charge is 0.307 e. The second kappa shape index (κ2) is 3.68. The molecule has 0 radical (unpaired) electrons. The van der Waals surface area contributed by atoms with Crippen molar-refractivity contribution < 1.29 is 9.90 Å². The van der Waals surface area contributed by atoms with Gasteiger partial charge in [-0.1, -0.05) is 0 Å². The monoisotopic (exact) mass is 210 g/mol. The molecule has 0 bridgehead atoms. The highest BCUT2D eigenvalue weighted by molar-refractivity contribution is 5.70. The molecule has 4 nitrogen and oxygen atoms in total. The van der Waals surface area contributed by atoms with E-state index >= 15 is 0 Å². The molecule has 0 unspecified atom stereocenters. The van der Waals surface area contributed by atoms with Crippen molar-refractivity contribution in [3.63, 3.8) is 0 Å². The van der Waals surface area contributed by atoms with Crippen LogP contribution in [-0.4, -0.2) is 20.9 Å². The molecule has 0 aromatic carbocycles. The first-order valence-electron chi connectivity index (χ1n) is 5.01. The van der Waals surface area contributed by atoms with Gasteiger partial charge in [-0.25, -0.2) is 0 Å². The molecule has 1 rings (SSSR count). The van der Waals surface area contributed by atoms with Gasteiger partial charge in [0.1, 0.15) is 0 Å². The summed E-state index contributed by atoms with van der Waals surface area (Å²) >= 11 is 0. The van der Waals surface area contributed by atoms with Gasteiger partial charge in [0.15, 0.2) is 0 Å². The SMILES string of the molecule is Cc1nn(C(C)(C)C)c(C)c1CC(=O)O. The fraction of sp³-hybridized carbons (Fsp3) is 0.636. The average Bonchev–Trinajstić information content (AvgIpc) is 2.30. The zero-order valence-corrected chi connectivity index (χ0v) is 9.96. The van der Waals surface area contributed by atoms with E-state index in [-0.39, 0.29) is 12.0 Å². The van der Waals surface area contributed by atoms with Gasteiger partial charge >= 0.3 is 5.97 Å². The summed E-state index contributed by atoms with van der Waals surface area (Å²) < 4.78 is 1.89. The van der Waals surface area contributed by atoms with Gasteiger partial charge in [-0.2, -0.15) is 5.10 Å². The lowest BCUT2D eigenvalue weighted by Gasteiger charge is -2.21. The van der Waals surface area contributed by atoms with Gasteiger partial charge < -0.3 is 5.11 Å². The van der Waals surface area contributed by atoms with Crippen molar-refractivity contribution in [2.24, 2.45) is 0 Å². The summed E-state index contributed by atoms with van der Waals surface area (Å²) in [4.78, 5) is 10.7. The van der Waals surface area contributed by atoms with Gasteiger partial charge in [-0.15, -0.1) is 0 Å². The number of carbonyl (C=O) groups is 1. The number of carboxylic acids is 1. The second-order valence-corrected chi connectivity index (χ2v) is 4.80. The van der Waals surface area contributed by atoms with Crippen molar-refractivity contribution >= 4 is 5.97 Å². The lowest BCUT2D eigenvalue weighted by molar-refractivity contribution is -0.136. The summed E-state index contributed by atoms with van der Waals surface area (Å²) in [6, 6.07) is 0. The molecule has 0 aliphatic carbocycles. The van der Waals surface area contributed by atoms with E-state index in [0.717, 1.165) is 17.0 Å². The van der Waals surface area contributed by atoms with Crippen LogP contribution in [0.1, 0.15) is 37.7 Å². The van der Waals surface area contributed by atoms with Gasteiger partial charge in [-0.3, -0.25) is 9.48 Å². The van der Waals surface area contributed by atoms with Crippen LogP contribution < -0.4 is 0 Å². The third-order valence-electron chi connectivity index (χ3n) is 2.40. The molecule has 4 heteroatoms. The summed E-state index contributed by atoms with van der Waals surface area (Å²) in [6.07, 6.45) is 0.0494. The normalized spacial score (nSPS) is 11.8. The van der Waals surface area contributed by atoms with E-state index in [9.17, 15) is 4.79 Å². The first kappa shape index (κ1) is 11.8. The fourth-order valence-corrected chi connectivity index (χ4v) is 1.74. The minimum absolute atomic E-state index is 0.0494. The number of aryl methyl sites for hydroxylation is 1. The molecule has 84 valence electrons. The topological polar surface area (TPSA) is 55.1 Å². The van der Waals surface area contributed by atoms with Crippen LogP contribution in [0.2, 0.25) is 0 Å². The summed E-state index contributed by atoms with van der Waals surface area (Å²) in [5, 5.41) is 13.2. The predicted octanol–water partition coefficient (Wildman–Crippen LogP) is 1.88. The van der Waals surface area contributed by atoms with E-state index in [0.29, 0.717) is 0 Å². The minimum Gasteiger partial charge on any atom is -0.481 e. The molecule has 1 N–H and O–H groups in total. The van der Waals surface area contributed by atoms with Crippen LogP contribution in [0.25, 0.3) is 0 Å². The van der Waals surface area contributed by atoms with Crippen molar-refractivity contribution in [1.82, 2.24) is 9.78 Å². The molecule has 15 heavy (non-hydrogen) atoms. The Morgan fingerprint density at radius 3 is 2.27 bits per heavy atom. The third kappa shape index (κ3) is 2.37. The minimum atomic E-state index is -0.811. The first-order chi connectivity index (χ1) is 6.73. The van der Waals surface area contributed by atoms with Crippen molar-refractivity contribution in [3.05, 3.63) is 17.0 Å². The number of hydrogen-bond donors (Lipinski definition) is 1. The highest BCUT2D eigenvalue weighted by Gasteiger charge is 2.21. The lowest BCUT2D eigenvalue weighted by Crippen LogP contribution is -2.24. The second-order valence-electron chi connectivity index (χ2n) is 4.80. The van der Waals surface area contributed by atoms with Crippen molar-refractivity contribution in [1.29, 1.82) is 0 Å². The van der Waals surface area contributed by atoms with Crippen molar-refractivity contribution in [3.8, 4) is 0 Å². The maximum atomic E-state index is 10.7. The maximum absolute atomic E-state index is 10.7. The molecule has 0 saturated carbocycles. The van der Waals surface area contributed by atoms with Crippen LogP contribution in [0.15, 0.2) is 0 Å². The Morgan fingerprint density at radius 2 is 1.93 bits per heavy atom. The Morgan fingerprint density at radius 1 is 1.40 bits per heavy atom. The Labute approximate surface area is 89.9 Å². The Balaban J connectivity index is 3.21. The van der Waals surface area contributed by atoms with Crippen LogP contribution in [0.4, 0.5) is 0 Å². The van der Waals surface area contributed by atoms with E-state index in [1.165, 1.54) is 0 Å². The first-order valence-corrected chi connectivity index (χ1v) is 5.01. The van der Waals surface area contributed by atoms with E-state index < -0.39 is 5.97 Å². The largest absolute Gasteiger partial charge is 0.481 e. The Hall–Kier alpha value is -1.32. The summed E-state index contributed by atoms with van der Waals surface area (Å²) in [5.41, 5.74) is 2.48. The molecule has 0 aliphatic heterocycles. The van der Waals surface area contributed by atoms with E-state index in [1.54, 1.807) is 0 Å². The van der Waals surface area contributed by atoms with Crippen LogP contribution in [0.3, 0.4) is 0 Å². The average molecular weight is 210 g/mol. The molecule has 0 amide bonds. The highest BCUT2D eigenvalue weighted by atomic mass is 16.4. The number of aliphatic carboxylic acids is 1. The number of nitrogens with zero attached hydrogens (tertiary/aromatic N) is 2. The lowest BCUT2D eigenvalue weighted by atomic mass is 10.1. The molecular weight excluding hydrogens is 192 g/mol. The Kier molecular flexibility index (Phi) is 2.88.